The molecule has 33 heavy (non-hydrogen) atoms. The fourth-order valence-electron chi connectivity index (χ4n) is 2.94. The smallest absolute Gasteiger partial charge is 0.271 e. The van der Waals surface area contributed by atoms with Crippen molar-refractivity contribution in [1.29, 1.82) is 0 Å². The van der Waals surface area contributed by atoms with Crippen molar-refractivity contribution in [2.75, 3.05) is 20.8 Å². The van der Waals surface area contributed by atoms with Crippen LogP contribution in [0, 0.1) is 0 Å². The van der Waals surface area contributed by atoms with Gasteiger partial charge in [-0.1, -0.05) is 23.7 Å². The molecule has 0 saturated carbocycles. The van der Waals surface area contributed by atoms with Gasteiger partial charge in [0.2, 0.25) is 0 Å². The van der Waals surface area contributed by atoms with Crippen molar-refractivity contribution in [3.63, 3.8) is 0 Å². The van der Waals surface area contributed by atoms with E-state index in [1.807, 2.05) is 37.3 Å². The molecule has 3 aromatic carbocycles. The molecule has 0 bridgehead atoms. The summed E-state index contributed by atoms with van der Waals surface area (Å²) in [5.41, 5.74) is 4.63. The summed E-state index contributed by atoms with van der Waals surface area (Å²) < 4.78 is 22.0. The van der Waals surface area contributed by atoms with Crippen LogP contribution in [0.2, 0.25) is 5.02 Å². The molecule has 0 atom stereocenters. The molecule has 0 saturated heterocycles. The number of carbonyl (C=O) groups excluding carboxylic acids is 1. The monoisotopic (exact) mass is 468 g/mol. The Kier molecular flexibility index (Phi) is 8.55. The number of ether oxygens (including phenoxy) is 4. The topological polar surface area (TPSA) is 78.4 Å². The molecule has 0 heterocycles. The van der Waals surface area contributed by atoms with Crippen molar-refractivity contribution in [2.24, 2.45) is 5.10 Å². The number of hydrazone groups is 1. The minimum atomic E-state index is -0.375. The van der Waals surface area contributed by atoms with Gasteiger partial charge in [0.1, 0.15) is 6.61 Å². The first-order valence-corrected chi connectivity index (χ1v) is 10.6. The second-order valence-electron chi connectivity index (χ2n) is 6.82. The van der Waals surface area contributed by atoms with Gasteiger partial charge in [-0.2, -0.15) is 5.10 Å². The zero-order valence-corrected chi connectivity index (χ0v) is 19.4. The number of carbonyl (C=O) groups is 1. The van der Waals surface area contributed by atoms with Crippen LogP contribution in [-0.4, -0.2) is 32.9 Å². The molecule has 3 rings (SSSR count). The van der Waals surface area contributed by atoms with Gasteiger partial charge in [0.05, 0.1) is 27.0 Å². The fraction of sp³-hybridized carbons (Fsp3) is 0.200. The van der Waals surface area contributed by atoms with E-state index in [9.17, 15) is 4.79 Å². The van der Waals surface area contributed by atoms with E-state index < -0.39 is 0 Å². The van der Waals surface area contributed by atoms with Crippen molar-refractivity contribution in [1.82, 2.24) is 5.43 Å². The lowest BCUT2D eigenvalue weighted by atomic mass is 10.2. The number of rotatable bonds is 10. The van der Waals surface area contributed by atoms with Gasteiger partial charge < -0.3 is 18.9 Å². The van der Waals surface area contributed by atoms with Crippen LogP contribution in [0.1, 0.15) is 28.4 Å². The molecule has 3 aromatic rings. The van der Waals surface area contributed by atoms with E-state index >= 15 is 0 Å². The lowest BCUT2D eigenvalue weighted by Crippen LogP contribution is -2.17. The fourth-order valence-corrected chi connectivity index (χ4v) is 3.07. The third-order valence-corrected chi connectivity index (χ3v) is 4.85. The number of halogens is 1. The minimum absolute atomic E-state index is 0.375. The minimum Gasteiger partial charge on any atom is -0.493 e. The molecule has 1 amide bonds. The number of amides is 1. The summed E-state index contributed by atoms with van der Waals surface area (Å²) in [6, 6.07) is 17.8. The van der Waals surface area contributed by atoms with Crippen LogP contribution < -0.4 is 24.4 Å². The predicted molar refractivity (Wildman–Crippen MR) is 128 cm³/mol. The average molecular weight is 469 g/mol. The normalized spacial score (nSPS) is 10.7. The maximum Gasteiger partial charge on any atom is 0.271 e. The Hall–Kier alpha value is -3.71. The second-order valence-corrected chi connectivity index (χ2v) is 7.26. The van der Waals surface area contributed by atoms with Crippen LogP contribution >= 0.6 is 11.6 Å². The molecular weight excluding hydrogens is 444 g/mol. The van der Waals surface area contributed by atoms with Gasteiger partial charge >= 0.3 is 0 Å². The first-order valence-electron chi connectivity index (χ1n) is 10.2. The standard InChI is InChI=1S/C25H25ClN2O5/c1-4-32-24-13-18(7-11-22(24)33-16-17-5-9-20(26)10-6-17)15-27-28-25(29)19-8-12-21(30-2)23(14-19)31-3/h5-15H,4,16H2,1-3H3,(H,28,29). The Morgan fingerprint density at radius 1 is 0.909 bits per heavy atom. The molecule has 0 unspecified atom stereocenters. The number of nitrogens with one attached hydrogen (secondary N) is 1. The zero-order valence-electron chi connectivity index (χ0n) is 18.6. The highest BCUT2D eigenvalue weighted by atomic mass is 35.5. The van der Waals surface area contributed by atoms with Crippen LogP contribution in [0.3, 0.4) is 0 Å². The third-order valence-electron chi connectivity index (χ3n) is 4.60. The summed E-state index contributed by atoms with van der Waals surface area (Å²) in [4.78, 5) is 12.4. The van der Waals surface area contributed by atoms with Crippen molar-refractivity contribution in [3.8, 4) is 23.0 Å². The summed E-state index contributed by atoms with van der Waals surface area (Å²) in [5.74, 6) is 1.82. The molecule has 172 valence electrons. The van der Waals surface area contributed by atoms with E-state index in [1.54, 1.807) is 30.3 Å². The summed E-state index contributed by atoms with van der Waals surface area (Å²) in [6.45, 7) is 2.76. The van der Waals surface area contributed by atoms with Gasteiger partial charge in [0.25, 0.3) is 5.91 Å². The highest BCUT2D eigenvalue weighted by molar-refractivity contribution is 6.30. The molecule has 0 aliphatic rings. The summed E-state index contributed by atoms with van der Waals surface area (Å²) >= 11 is 5.92. The molecular formula is C25H25ClN2O5. The third kappa shape index (κ3) is 6.63. The quantitative estimate of drug-likeness (QED) is 0.331. The van der Waals surface area contributed by atoms with Crippen LogP contribution in [0.15, 0.2) is 65.8 Å². The van der Waals surface area contributed by atoms with Gasteiger partial charge in [-0.15, -0.1) is 0 Å². The van der Waals surface area contributed by atoms with E-state index in [0.717, 1.165) is 11.1 Å². The summed E-state index contributed by atoms with van der Waals surface area (Å²) in [6.07, 6.45) is 1.53. The van der Waals surface area contributed by atoms with Crippen LogP contribution in [0.4, 0.5) is 0 Å². The van der Waals surface area contributed by atoms with E-state index in [1.165, 1.54) is 20.4 Å². The van der Waals surface area contributed by atoms with Crippen molar-refractivity contribution < 1.29 is 23.7 Å². The van der Waals surface area contributed by atoms with E-state index in [2.05, 4.69) is 10.5 Å². The van der Waals surface area contributed by atoms with Crippen molar-refractivity contribution in [3.05, 3.63) is 82.4 Å². The summed E-state index contributed by atoms with van der Waals surface area (Å²) in [7, 11) is 3.04. The molecule has 7 nitrogen and oxygen atoms in total. The van der Waals surface area contributed by atoms with Gasteiger partial charge in [-0.3, -0.25) is 4.79 Å². The van der Waals surface area contributed by atoms with Crippen molar-refractivity contribution >= 4 is 23.7 Å². The van der Waals surface area contributed by atoms with Gasteiger partial charge in [0, 0.05) is 10.6 Å². The first kappa shape index (κ1) is 23.9. The van der Waals surface area contributed by atoms with Crippen molar-refractivity contribution in [2.45, 2.75) is 13.5 Å². The van der Waals surface area contributed by atoms with Gasteiger partial charge in [-0.25, -0.2) is 5.43 Å². The SMILES string of the molecule is CCOc1cc(C=NNC(=O)c2ccc(OC)c(OC)c2)ccc1OCc1ccc(Cl)cc1. The largest absolute Gasteiger partial charge is 0.493 e. The Bertz CT molecular complexity index is 1120. The molecule has 0 aliphatic heterocycles. The van der Waals surface area contributed by atoms with Gasteiger partial charge in [0.15, 0.2) is 23.0 Å². The lowest BCUT2D eigenvalue weighted by molar-refractivity contribution is 0.0954. The second kappa shape index (κ2) is 11.8. The zero-order chi connectivity index (χ0) is 23.6. The predicted octanol–water partition coefficient (Wildman–Crippen LogP) is 5.10. The number of hydrogen-bond acceptors (Lipinski definition) is 6. The molecule has 0 aromatic heterocycles. The maximum atomic E-state index is 12.4. The van der Waals surface area contributed by atoms with E-state index in [-0.39, 0.29) is 5.91 Å². The molecule has 1 N–H and O–H groups in total. The highest BCUT2D eigenvalue weighted by Gasteiger charge is 2.10. The van der Waals surface area contributed by atoms with Crippen LogP contribution in [0.25, 0.3) is 0 Å². The summed E-state index contributed by atoms with van der Waals surface area (Å²) in [5, 5.41) is 4.72. The first-order chi connectivity index (χ1) is 16.0. The van der Waals surface area contributed by atoms with Crippen LogP contribution in [0.5, 0.6) is 23.0 Å². The van der Waals surface area contributed by atoms with Gasteiger partial charge in [-0.05, 0) is 66.6 Å². The highest BCUT2D eigenvalue weighted by Crippen LogP contribution is 2.29. The number of methoxy groups -OCH3 is 2. The number of benzene rings is 3. The Labute approximate surface area is 197 Å². The Morgan fingerprint density at radius 2 is 1.64 bits per heavy atom. The molecule has 0 fully saturated rings. The van der Waals surface area contributed by atoms with Crippen LogP contribution in [-0.2, 0) is 6.61 Å². The van der Waals surface area contributed by atoms with E-state index in [4.69, 9.17) is 30.5 Å². The Balaban J connectivity index is 1.65. The number of nitrogens with zero attached hydrogens (tertiary/aromatic N) is 1. The van der Waals surface area contributed by atoms with E-state index in [0.29, 0.717) is 46.8 Å². The number of hydrogen-bond donors (Lipinski definition) is 1. The Morgan fingerprint density at radius 3 is 2.33 bits per heavy atom. The molecule has 0 radical (unpaired) electrons. The molecule has 0 spiro atoms. The molecule has 0 aliphatic carbocycles. The molecule has 8 heteroatoms. The maximum absolute atomic E-state index is 12.4. The lowest BCUT2D eigenvalue weighted by Gasteiger charge is -2.12. The average Bonchev–Trinajstić information content (AvgIpc) is 2.84.